The van der Waals surface area contributed by atoms with E-state index < -0.39 is 5.95 Å². The van der Waals surface area contributed by atoms with E-state index in [-0.39, 0.29) is 12.7 Å². The minimum absolute atomic E-state index is 0.0376. The van der Waals surface area contributed by atoms with Crippen molar-refractivity contribution in [3.8, 4) is 0 Å². The number of halogens is 1. The zero-order chi connectivity index (χ0) is 10.7. The second kappa shape index (κ2) is 4.50. The first kappa shape index (κ1) is 10.3. The van der Waals surface area contributed by atoms with E-state index in [9.17, 15) is 4.39 Å². The highest BCUT2D eigenvalue weighted by molar-refractivity contribution is 5.37. The van der Waals surface area contributed by atoms with Crippen LogP contribution in [-0.4, -0.2) is 47.5 Å². The maximum absolute atomic E-state index is 12.8. The maximum atomic E-state index is 12.8. The molecule has 1 aliphatic rings. The molecule has 0 amide bonds. The minimum atomic E-state index is -0.549. The molecular weight excluding hydrogens is 201 g/mol. The van der Waals surface area contributed by atoms with Crippen LogP contribution in [-0.2, 0) is 4.74 Å². The summed E-state index contributed by atoms with van der Waals surface area (Å²) < 4.78 is 18.1. The van der Waals surface area contributed by atoms with E-state index in [4.69, 9.17) is 9.84 Å². The van der Waals surface area contributed by atoms with Gasteiger partial charge in [-0.05, 0) is 0 Å². The summed E-state index contributed by atoms with van der Waals surface area (Å²) in [7, 11) is 0. The van der Waals surface area contributed by atoms with Gasteiger partial charge in [0.05, 0.1) is 19.3 Å². The quantitative estimate of drug-likeness (QED) is 0.690. The summed E-state index contributed by atoms with van der Waals surface area (Å²) in [6.07, 6.45) is 0.963. The van der Waals surface area contributed by atoms with Crippen molar-refractivity contribution in [3.63, 3.8) is 0 Å². The van der Waals surface area contributed by atoms with Gasteiger partial charge in [-0.3, -0.25) is 0 Å². The summed E-state index contributed by atoms with van der Waals surface area (Å²) in [5.41, 5.74) is 0. The molecule has 1 aromatic heterocycles. The summed E-state index contributed by atoms with van der Waals surface area (Å²) in [4.78, 5) is 9.23. The molecule has 15 heavy (non-hydrogen) atoms. The summed E-state index contributed by atoms with van der Waals surface area (Å²) in [5.74, 6) is -0.0173. The molecule has 2 rings (SSSR count). The van der Waals surface area contributed by atoms with E-state index >= 15 is 0 Å². The molecule has 1 atom stereocenters. The fraction of sp³-hybridized carbons (Fsp3) is 0.556. The van der Waals surface area contributed by atoms with Gasteiger partial charge in [0.1, 0.15) is 12.1 Å². The molecular formula is C9H12FN3O2. The van der Waals surface area contributed by atoms with Crippen LogP contribution in [0, 0.1) is 5.95 Å². The van der Waals surface area contributed by atoms with Crippen molar-refractivity contribution in [2.75, 3.05) is 31.2 Å². The predicted molar refractivity (Wildman–Crippen MR) is 51.0 cm³/mol. The molecule has 0 spiro atoms. The highest BCUT2D eigenvalue weighted by atomic mass is 19.1. The molecule has 1 N–H and O–H groups in total. The van der Waals surface area contributed by atoms with Gasteiger partial charge in [-0.15, -0.1) is 0 Å². The van der Waals surface area contributed by atoms with Crippen LogP contribution in [0.1, 0.15) is 0 Å². The van der Waals surface area contributed by atoms with Crippen LogP contribution in [0.4, 0.5) is 10.2 Å². The lowest BCUT2D eigenvalue weighted by Gasteiger charge is -2.32. The van der Waals surface area contributed by atoms with Gasteiger partial charge in [-0.25, -0.2) is 9.97 Å². The highest BCUT2D eigenvalue weighted by Crippen LogP contribution is 2.14. The SMILES string of the molecule is OCC1CN(c2cc(F)ncn2)CCO1. The Morgan fingerprint density at radius 2 is 2.47 bits per heavy atom. The predicted octanol–water partition coefficient (Wildman–Crippen LogP) is -0.187. The van der Waals surface area contributed by atoms with Crippen LogP contribution in [0.3, 0.4) is 0 Å². The van der Waals surface area contributed by atoms with E-state index in [0.717, 1.165) is 0 Å². The first-order valence-electron chi connectivity index (χ1n) is 4.74. The average molecular weight is 213 g/mol. The first-order chi connectivity index (χ1) is 7.29. The number of hydrogen-bond acceptors (Lipinski definition) is 5. The third-order valence-corrected chi connectivity index (χ3v) is 2.29. The Kier molecular flexibility index (Phi) is 3.08. The summed E-state index contributed by atoms with van der Waals surface area (Å²) in [6.45, 7) is 1.64. The van der Waals surface area contributed by atoms with Gasteiger partial charge in [-0.2, -0.15) is 4.39 Å². The smallest absolute Gasteiger partial charge is 0.218 e. The number of hydrogen-bond donors (Lipinski definition) is 1. The molecule has 0 bridgehead atoms. The normalized spacial score (nSPS) is 21.7. The van der Waals surface area contributed by atoms with Crippen molar-refractivity contribution in [3.05, 3.63) is 18.3 Å². The molecule has 6 heteroatoms. The fourth-order valence-electron chi connectivity index (χ4n) is 1.54. The van der Waals surface area contributed by atoms with Gasteiger partial charge in [-0.1, -0.05) is 0 Å². The lowest BCUT2D eigenvalue weighted by molar-refractivity contribution is 0.00334. The number of nitrogens with zero attached hydrogens (tertiary/aromatic N) is 3. The third kappa shape index (κ3) is 2.40. The number of anilines is 1. The largest absolute Gasteiger partial charge is 0.394 e. The second-order valence-corrected chi connectivity index (χ2v) is 3.32. The Morgan fingerprint density at radius 1 is 1.60 bits per heavy atom. The molecule has 1 fully saturated rings. The zero-order valence-electron chi connectivity index (χ0n) is 8.14. The Balaban J connectivity index is 2.09. The Labute approximate surface area is 86.5 Å². The number of aromatic nitrogens is 2. The van der Waals surface area contributed by atoms with Crippen molar-refractivity contribution < 1.29 is 14.2 Å². The summed E-state index contributed by atoms with van der Waals surface area (Å²) >= 11 is 0. The molecule has 2 heterocycles. The molecule has 82 valence electrons. The zero-order valence-corrected chi connectivity index (χ0v) is 8.14. The number of ether oxygens (including phenoxy) is 1. The van der Waals surface area contributed by atoms with Gasteiger partial charge in [0.15, 0.2) is 0 Å². The maximum Gasteiger partial charge on any atom is 0.218 e. The van der Waals surface area contributed by atoms with E-state index in [0.29, 0.717) is 25.5 Å². The Bertz CT molecular complexity index is 337. The van der Waals surface area contributed by atoms with Crippen molar-refractivity contribution in [2.24, 2.45) is 0 Å². The second-order valence-electron chi connectivity index (χ2n) is 3.32. The minimum Gasteiger partial charge on any atom is -0.394 e. The van der Waals surface area contributed by atoms with Gasteiger partial charge >= 0.3 is 0 Å². The molecule has 1 unspecified atom stereocenters. The van der Waals surface area contributed by atoms with Crippen LogP contribution in [0.25, 0.3) is 0 Å². The van der Waals surface area contributed by atoms with Gasteiger partial charge < -0.3 is 14.7 Å². The fourth-order valence-corrected chi connectivity index (χ4v) is 1.54. The molecule has 1 aliphatic heterocycles. The van der Waals surface area contributed by atoms with Crippen molar-refractivity contribution in [2.45, 2.75) is 6.10 Å². The van der Waals surface area contributed by atoms with Crippen LogP contribution in [0.5, 0.6) is 0 Å². The average Bonchev–Trinajstić information content (AvgIpc) is 2.29. The molecule has 1 saturated heterocycles. The van der Waals surface area contributed by atoms with E-state index in [1.807, 2.05) is 4.90 Å². The number of morpholine rings is 1. The number of aliphatic hydroxyl groups excluding tert-OH is 1. The number of aliphatic hydroxyl groups is 1. The first-order valence-corrected chi connectivity index (χ1v) is 4.74. The standard InChI is InChI=1S/C9H12FN3O2/c10-8-3-9(12-6-11-8)13-1-2-15-7(4-13)5-14/h3,6-7,14H,1-2,4-5H2. The Hall–Kier alpha value is -1.27. The van der Waals surface area contributed by atoms with Gasteiger partial charge in [0.25, 0.3) is 0 Å². The molecule has 0 radical (unpaired) electrons. The van der Waals surface area contributed by atoms with E-state index in [2.05, 4.69) is 9.97 Å². The van der Waals surface area contributed by atoms with Crippen molar-refractivity contribution >= 4 is 5.82 Å². The molecule has 0 saturated carbocycles. The summed E-state index contributed by atoms with van der Waals surface area (Å²) in [6, 6.07) is 1.28. The lowest BCUT2D eigenvalue weighted by atomic mass is 10.3. The van der Waals surface area contributed by atoms with Gasteiger partial charge in [0, 0.05) is 19.2 Å². The molecule has 5 nitrogen and oxygen atoms in total. The monoisotopic (exact) mass is 213 g/mol. The lowest BCUT2D eigenvalue weighted by Crippen LogP contribution is -2.44. The Morgan fingerprint density at radius 3 is 3.20 bits per heavy atom. The molecule has 0 aromatic carbocycles. The topological polar surface area (TPSA) is 58.5 Å². The van der Waals surface area contributed by atoms with Crippen molar-refractivity contribution in [1.29, 1.82) is 0 Å². The number of rotatable bonds is 2. The van der Waals surface area contributed by atoms with Crippen LogP contribution < -0.4 is 4.90 Å². The molecule has 1 aromatic rings. The van der Waals surface area contributed by atoms with Crippen molar-refractivity contribution in [1.82, 2.24) is 9.97 Å². The molecule has 0 aliphatic carbocycles. The van der Waals surface area contributed by atoms with Crippen LogP contribution in [0.2, 0.25) is 0 Å². The summed E-state index contributed by atoms with van der Waals surface area (Å²) in [5, 5.41) is 8.95. The third-order valence-electron chi connectivity index (χ3n) is 2.29. The van der Waals surface area contributed by atoms with Crippen LogP contribution >= 0.6 is 0 Å². The van der Waals surface area contributed by atoms with Gasteiger partial charge in [0.2, 0.25) is 5.95 Å². The van der Waals surface area contributed by atoms with E-state index in [1.54, 1.807) is 0 Å². The van der Waals surface area contributed by atoms with Crippen LogP contribution in [0.15, 0.2) is 12.4 Å². The van der Waals surface area contributed by atoms with E-state index in [1.165, 1.54) is 12.4 Å². The highest BCUT2D eigenvalue weighted by Gasteiger charge is 2.20.